The Hall–Kier alpha value is -2.69. The maximum atomic E-state index is 14.0. The number of benzene rings is 3. The monoisotopic (exact) mass is 663 g/mol. The molecule has 0 saturated heterocycles. The fraction of sp³-hybridized carbons (Fsp3) is 0.286. The molecule has 7 nitrogen and oxygen atoms in total. The Morgan fingerprint density at radius 2 is 1.53 bits per heavy atom. The molecule has 3 aromatic carbocycles. The summed E-state index contributed by atoms with van der Waals surface area (Å²) in [6.07, 6.45) is 1.33. The molecule has 0 saturated carbocycles. The number of hydrogen-bond acceptors (Lipinski definition) is 4. The molecule has 0 aromatic heterocycles. The van der Waals surface area contributed by atoms with Crippen molar-refractivity contribution in [3.05, 3.63) is 98.9 Å². The highest BCUT2D eigenvalue weighted by atomic mass is 79.9. The van der Waals surface area contributed by atoms with Crippen LogP contribution in [0, 0.1) is 0 Å². The summed E-state index contributed by atoms with van der Waals surface area (Å²) in [5.74, 6) is -0.801. The first-order chi connectivity index (χ1) is 18.0. The highest BCUT2D eigenvalue weighted by Gasteiger charge is 2.33. The number of sulfonamides is 1. The molecule has 0 fully saturated rings. The molecule has 2 amide bonds. The van der Waals surface area contributed by atoms with Crippen molar-refractivity contribution in [2.24, 2.45) is 0 Å². The van der Waals surface area contributed by atoms with Gasteiger partial charge in [0.05, 0.1) is 11.9 Å². The second kappa shape index (κ2) is 13.4. The van der Waals surface area contributed by atoms with Crippen molar-refractivity contribution >= 4 is 59.4 Å². The first-order valence-electron chi connectivity index (χ1n) is 12.1. The van der Waals surface area contributed by atoms with Gasteiger partial charge < -0.3 is 10.2 Å². The highest BCUT2D eigenvalue weighted by molar-refractivity contribution is 9.10. The fourth-order valence-electron chi connectivity index (χ4n) is 4.02. The number of halogens is 2. The van der Waals surface area contributed by atoms with Crippen molar-refractivity contribution in [1.82, 2.24) is 10.2 Å². The van der Waals surface area contributed by atoms with Crippen molar-refractivity contribution in [2.75, 3.05) is 17.1 Å². The molecule has 1 atom stereocenters. The predicted octanol–water partition coefficient (Wildman–Crippen LogP) is 5.14. The van der Waals surface area contributed by atoms with E-state index in [4.69, 9.17) is 0 Å². The summed E-state index contributed by atoms with van der Waals surface area (Å²) in [7, 11) is -3.82. The van der Waals surface area contributed by atoms with Gasteiger partial charge in [0.15, 0.2) is 0 Å². The Balaban J connectivity index is 2.07. The smallest absolute Gasteiger partial charge is 0.244 e. The summed E-state index contributed by atoms with van der Waals surface area (Å²) in [4.78, 5) is 29.0. The Labute approximate surface area is 241 Å². The molecule has 0 spiro atoms. The number of para-hydroxylation sites is 1. The van der Waals surface area contributed by atoms with Crippen LogP contribution in [0.15, 0.2) is 87.8 Å². The van der Waals surface area contributed by atoms with E-state index in [2.05, 4.69) is 37.2 Å². The maximum Gasteiger partial charge on any atom is 0.244 e. The second-order valence-electron chi connectivity index (χ2n) is 9.24. The summed E-state index contributed by atoms with van der Waals surface area (Å²) in [6, 6.07) is 22.7. The molecule has 3 aromatic rings. The lowest BCUT2D eigenvalue weighted by molar-refractivity contribution is -0.140. The summed E-state index contributed by atoms with van der Waals surface area (Å²) in [5.41, 5.74) is 2.03. The quantitative estimate of drug-likeness (QED) is 0.308. The van der Waals surface area contributed by atoms with E-state index in [1.165, 1.54) is 4.90 Å². The van der Waals surface area contributed by atoms with Crippen molar-refractivity contribution in [3.63, 3.8) is 0 Å². The molecule has 10 heteroatoms. The lowest BCUT2D eigenvalue weighted by Gasteiger charge is -2.34. The third-order valence-corrected chi connectivity index (χ3v) is 8.03. The summed E-state index contributed by atoms with van der Waals surface area (Å²) >= 11 is 6.87. The van der Waals surface area contributed by atoms with E-state index in [0.29, 0.717) is 10.2 Å². The van der Waals surface area contributed by atoms with Gasteiger partial charge in [0, 0.05) is 28.0 Å². The predicted molar refractivity (Wildman–Crippen MR) is 158 cm³/mol. The molecular weight excluding hydrogens is 634 g/mol. The van der Waals surface area contributed by atoms with E-state index in [1.807, 2.05) is 68.4 Å². The average molecular weight is 665 g/mol. The molecule has 202 valence electrons. The Kier molecular flexibility index (Phi) is 10.5. The van der Waals surface area contributed by atoms with E-state index < -0.39 is 28.5 Å². The molecule has 0 aliphatic heterocycles. The topological polar surface area (TPSA) is 86.8 Å². The summed E-state index contributed by atoms with van der Waals surface area (Å²) in [6.45, 7) is 3.37. The summed E-state index contributed by atoms with van der Waals surface area (Å²) in [5, 5.41) is 2.94. The van der Waals surface area contributed by atoms with Crippen LogP contribution in [0.2, 0.25) is 0 Å². The lowest BCUT2D eigenvalue weighted by Crippen LogP contribution is -2.54. The number of carbonyl (C=O) groups is 2. The minimum atomic E-state index is -3.82. The van der Waals surface area contributed by atoms with E-state index in [9.17, 15) is 18.0 Å². The number of amides is 2. The SMILES string of the molecule is CC(C)NC(=O)[C@@H](Cc1ccccc1)N(Cc1cccc(Br)c1)C(=O)CN(c1ccccc1Br)S(C)(=O)=O. The first kappa shape index (κ1) is 29.9. The molecular formula is C28H31Br2N3O4S. The van der Waals surface area contributed by atoms with Crippen molar-refractivity contribution in [1.29, 1.82) is 0 Å². The molecule has 1 N–H and O–H groups in total. The van der Waals surface area contributed by atoms with E-state index >= 15 is 0 Å². The lowest BCUT2D eigenvalue weighted by atomic mass is 10.0. The van der Waals surface area contributed by atoms with Crippen molar-refractivity contribution < 1.29 is 18.0 Å². The number of nitrogens with zero attached hydrogens (tertiary/aromatic N) is 2. The van der Waals surface area contributed by atoms with Crippen LogP contribution in [0.5, 0.6) is 0 Å². The van der Waals surface area contributed by atoms with Gasteiger partial charge in [-0.2, -0.15) is 0 Å². The van der Waals surface area contributed by atoms with E-state index in [-0.39, 0.29) is 24.9 Å². The van der Waals surface area contributed by atoms with Gasteiger partial charge in [0.25, 0.3) is 0 Å². The molecule has 0 radical (unpaired) electrons. The van der Waals surface area contributed by atoms with Gasteiger partial charge >= 0.3 is 0 Å². The molecule has 3 rings (SSSR count). The van der Waals surface area contributed by atoms with Crippen LogP contribution in [0.4, 0.5) is 5.69 Å². The zero-order valence-corrected chi connectivity index (χ0v) is 25.5. The molecule has 0 aliphatic rings. The maximum absolute atomic E-state index is 14.0. The third-order valence-electron chi connectivity index (χ3n) is 5.74. The normalized spacial score (nSPS) is 12.2. The third kappa shape index (κ3) is 8.41. The zero-order chi connectivity index (χ0) is 27.9. The number of nitrogens with one attached hydrogen (secondary N) is 1. The Morgan fingerprint density at radius 3 is 2.13 bits per heavy atom. The molecule has 0 aliphatic carbocycles. The number of rotatable bonds is 11. The molecule has 0 bridgehead atoms. The largest absolute Gasteiger partial charge is 0.352 e. The van der Waals surface area contributed by atoms with Crippen LogP contribution in [-0.4, -0.2) is 50.0 Å². The van der Waals surface area contributed by atoms with Crippen LogP contribution >= 0.6 is 31.9 Å². The van der Waals surface area contributed by atoms with Crippen molar-refractivity contribution in [3.8, 4) is 0 Å². The van der Waals surface area contributed by atoms with Crippen LogP contribution in [0.1, 0.15) is 25.0 Å². The van der Waals surface area contributed by atoms with Crippen LogP contribution in [-0.2, 0) is 32.6 Å². The van der Waals surface area contributed by atoms with Gasteiger partial charge in [-0.1, -0.05) is 70.5 Å². The number of hydrogen-bond donors (Lipinski definition) is 1. The molecule has 38 heavy (non-hydrogen) atoms. The Morgan fingerprint density at radius 1 is 0.895 bits per heavy atom. The van der Waals surface area contributed by atoms with Gasteiger partial charge in [-0.25, -0.2) is 8.42 Å². The highest BCUT2D eigenvalue weighted by Crippen LogP contribution is 2.28. The fourth-order valence-corrected chi connectivity index (χ4v) is 5.94. The van der Waals surface area contributed by atoms with Gasteiger partial charge in [0.2, 0.25) is 21.8 Å². The Bertz CT molecular complexity index is 1370. The number of anilines is 1. The average Bonchev–Trinajstić information content (AvgIpc) is 2.84. The molecule has 0 heterocycles. The standard InChI is InChI=1S/C28H31Br2N3O4S/c1-20(2)31-28(35)26(17-21-10-5-4-6-11-21)32(18-22-12-9-13-23(29)16-22)27(34)19-33(38(3,36)37)25-15-8-7-14-24(25)30/h4-16,20,26H,17-19H2,1-3H3,(H,31,35)/t26-/m1/s1. The second-order valence-corrected chi connectivity index (χ2v) is 12.9. The van der Waals surface area contributed by atoms with Gasteiger partial charge in [-0.05, 0) is 65.2 Å². The van der Waals surface area contributed by atoms with Gasteiger partial charge in [-0.15, -0.1) is 0 Å². The summed E-state index contributed by atoms with van der Waals surface area (Å²) < 4.78 is 28.1. The van der Waals surface area contributed by atoms with Gasteiger partial charge in [-0.3, -0.25) is 13.9 Å². The van der Waals surface area contributed by atoms with Crippen LogP contribution in [0.25, 0.3) is 0 Å². The van der Waals surface area contributed by atoms with E-state index in [0.717, 1.165) is 26.2 Å². The van der Waals surface area contributed by atoms with E-state index in [1.54, 1.807) is 24.3 Å². The zero-order valence-electron chi connectivity index (χ0n) is 21.5. The van der Waals surface area contributed by atoms with Crippen molar-refractivity contribution in [2.45, 2.75) is 38.9 Å². The van der Waals surface area contributed by atoms with Crippen LogP contribution < -0.4 is 9.62 Å². The van der Waals surface area contributed by atoms with Crippen LogP contribution in [0.3, 0.4) is 0 Å². The minimum absolute atomic E-state index is 0.120. The first-order valence-corrected chi connectivity index (χ1v) is 15.5. The van der Waals surface area contributed by atoms with Gasteiger partial charge in [0.1, 0.15) is 12.6 Å². The number of carbonyl (C=O) groups excluding carboxylic acids is 2. The molecule has 0 unspecified atom stereocenters. The minimum Gasteiger partial charge on any atom is -0.352 e.